The van der Waals surface area contributed by atoms with Gasteiger partial charge in [-0.1, -0.05) is 29.3 Å². The second-order valence-electron chi connectivity index (χ2n) is 6.20. The minimum absolute atomic E-state index is 0.198. The second-order valence-corrected chi connectivity index (χ2v) is 7.02. The molecule has 0 amide bonds. The van der Waals surface area contributed by atoms with Crippen molar-refractivity contribution in [2.45, 2.75) is 24.9 Å². The largest absolute Gasteiger partial charge is 0.469 e. The molecule has 6 nitrogen and oxygen atoms in total. The van der Waals surface area contributed by atoms with E-state index in [4.69, 9.17) is 32.7 Å². The Morgan fingerprint density at radius 1 is 1.16 bits per heavy atom. The molecule has 1 N–H and O–H groups in total. The van der Waals surface area contributed by atoms with Crippen molar-refractivity contribution in [1.82, 2.24) is 0 Å². The van der Waals surface area contributed by atoms with E-state index in [1.807, 2.05) is 0 Å². The van der Waals surface area contributed by atoms with Gasteiger partial charge in [0.05, 0.1) is 35.8 Å². The van der Waals surface area contributed by atoms with Crippen LogP contribution in [0.2, 0.25) is 10.0 Å². The molecule has 1 saturated carbocycles. The van der Waals surface area contributed by atoms with Crippen molar-refractivity contribution < 1.29 is 29.0 Å². The highest BCUT2D eigenvalue weighted by atomic mass is 35.5. The Balaban J connectivity index is 2.68. The lowest BCUT2D eigenvalue weighted by Gasteiger charge is -2.43. The fourth-order valence-electron chi connectivity index (χ4n) is 3.39. The molecule has 0 radical (unpaired) electrons. The lowest BCUT2D eigenvalue weighted by molar-refractivity contribution is -0.170. The maximum atomic E-state index is 12.5. The number of benzene rings is 1. The number of methoxy groups -OCH3 is 2. The summed E-state index contributed by atoms with van der Waals surface area (Å²) in [4.78, 5) is 37.2. The summed E-state index contributed by atoms with van der Waals surface area (Å²) in [6, 6.07) is 4.52. The van der Waals surface area contributed by atoms with Gasteiger partial charge in [0.15, 0.2) is 5.78 Å². The molecule has 25 heavy (non-hydrogen) atoms. The summed E-state index contributed by atoms with van der Waals surface area (Å²) in [7, 11) is 2.33. The van der Waals surface area contributed by atoms with Gasteiger partial charge in [0.1, 0.15) is 5.92 Å². The topological polar surface area (TPSA) is 89.9 Å². The molecule has 136 valence electrons. The van der Waals surface area contributed by atoms with Crippen molar-refractivity contribution in [3.8, 4) is 0 Å². The third-order valence-electron chi connectivity index (χ3n) is 4.51. The average molecular weight is 389 g/mol. The Hall–Kier alpha value is -1.63. The number of esters is 2. The Kier molecular flexibility index (Phi) is 5.76. The van der Waals surface area contributed by atoms with Crippen molar-refractivity contribution in [1.29, 1.82) is 0 Å². The third kappa shape index (κ3) is 3.66. The zero-order chi connectivity index (χ0) is 18.9. The first-order chi connectivity index (χ1) is 11.6. The molecule has 0 unspecified atom stereocenters. The highest BCUT2D eigenvalue weighted by Crippen LogP contribution is 2.47. The SMILES string of the molecule is COC(=O)[C@H]1C(=O)C[C@](C)(O)[C@@H](C(=O)OC)[C@H]1c1ccc(Cl)c(Cl)c1. The van der Waals surface area contributed by atoms with Gasteiger partial charge in [-0.2, -0.15) is 0 Å². The number of carbonyl (C=O) groups is 3. The number of rotatable bonds is 3. The first-order valence-corrected chi connectivity index (χ1v) is 8.25. The van der Waals surface area contributed by atoms with E-state index in [0.29, 0.717) is 5.56 Å². The van der Waals surface area contributed by atoms with Crippen LogP contribution in [0, 0.1) is 11.8 Å². The molecular formula is C17H18Cl2O6. The molecule has 0 heterocycles. The van der Waals surface area contributed by atoms with E-state index in [1.54, 1.807) is 6.07 Å². The number of ketones is 1. The van der Waals surface area contributed by atoms with Crippen LogP contribution in [0.1, 0.15) is 24.8 Å². The number of hydrogen-bond donors (Lipinski definition) is 1. The Morgan fingerprint density at radius 3 is 2.28 bits per heavy atom. The molecule has 1 aromatic carbocycles. The van der Waals surface area contributed by atoms with Crippen LogP contribution in [-0.2, 0) is 23.9 Å². The van der Waals surface area contributed by atoms with Gasteiger partial charge in [-0.05, 0) is 24.6 Å². The van der Waals surface area contributed by atoms with Crippen molar-refractivity contribution in [3.05, 3.63) is 33.8 Å². The predicted molar refractivity (Wildman–Crippen MR) is 90.5 cm³/mol. The van der Waals surface area contributed by atoms with Crippen LogP contribution in [0.3, 0.4) is 0 Å². The quantitative estimate of drug-likeness (QED) is 0.631. The molecule has 0 aromatic heterocycles. The summed E-state index contributed by atoms with van der Waals surface area (Å²) < 4.78 is 9.55. The van der Waals surface area contributed by atoms with Crippen LogP contribution < -0.4 is 0 Å². The highest BCUT2D eigenvalue weighted by molar-refractivity contribution is 6.42. The van der Waals surface area contributed by atoms with Crippen molar-refractivity contribution in [2.24, 2.45) is 11.8 Å². The first-order valence-electron chi connectivity index (χ1n) is 7.49. The Bertz CT molecular complexity index is 715. The van der Waals surface area contributed by atoms with Crippen LogP contribution in [-0.4, -0.2) is 42.6 Å². The van der Waals surface area contributed by atoms with E-state index in [2.05, 4.69) is 0 Å². The zero-order valence-corrected chi connectivity index (χ0v) is 15.4. The minimum atomic E-state index is -1.69. The van der Waals surface area contributed by atoms with E-state index >= 15 is 0 Å². The molecule has 0 saturated heterocycles. The molecule has 1 aromatic rings. The maximum Gasteiger partial charge on any atom is 0.316 e. The van der Waals surface area contributed by atoms with Crippen LogP contribution in [0.25, 0.3) is 0 Å². The van der Waals surface area contributed by atoms with Crippen LogP contribution in [0.4, 0.5) is 0 Å². The van der Waals surface area contributed by atoms with Crippen LogP contribution in [0.15, 0.2) is 18.2 Å². The maximum absolute atomic E-state index is 12.5. The van der Waals surface area contributed by atoms with Gasteiger partial charge >= 0.3 is 11.9 Å². The molecule has 2 rings (SSSR count). The van der Waals surface area contributed by atoms with Gasteiger partial charge in [-0.3, -0.25) is 14.4 Å². The summed E-state index contributed by atoms with van der Waals surface area (Å²) in [5.74, 6) is -5.45. The van der Waals surface area contributed by atoms with E-state index < -0.39 is 41.1 Å². The standard InChI is InChI=1S/C17H18Cl2O6/c1-17(23)7-11(20)13(15(21)24-2)12(14(17)16(22)25-3)8-4-5-9(18)10(19)6-8/h4-6,12-14,23H,7H2,1-3H3/t12-,13-,14+,17-/m0/s1. The fraction of sp³-hybridized carbons (Fsp3) is 0.471. The van der Waals surface area contributed by atoms with Gasteiger partial charge < -0.3 is 14.6 Å². The molecule has 1 fully saturated rings. The number of aliphatic hydroxyl groups is 1. The normalized spacial score (nSPS) is 29.2. The van der Waals surface area contributed by atoms with Gasteiger partial charge in [0.25, 0.3) is 0 Å². The first kappa shape index (κ1) is 19.7. The van der Waals surface area contributed by atoms with E-state index in [0.717, 1.165) is 7.11 Å². The van der Waals surface area contributed by atoms with Crippen molar-refractivity contribution >= 4 is 40.9 Å². The predicted octanol–water partition coefficient (Wildman–Crippen LogP) is 2.38. The molecule has 0 bridgehead atoms. The fourth-order valence-corrected chi connectivity index (χ4v) is 3.70. The second kappa shape index (κ2) is 7.32. The molecule has 1 aliphatic carbocycles. The number of Topliss-reactive ketones (excluding diaryl/α,β-unsaturated/α-hetero) is 1. The summed E-state index contributed by atoms with van der Waals surface area (Å²) in [6.07, 6.45) is -0.371. The van der Waals surface area contributed by atoms with Crippen molar-refractivity contribution in [3.63, 3.8) is 0 Å². The molecule has 8 heteroatoms. The smallest absolute Gasteiger partial charge is 0.316 e. The molecule has 0 aliphatic heterocycles. The van der Waals surface area contributed by atoms with Gasteiger partial charge in [-0.25, -0.2) is 0 Å². The lowest BCUT2D eigenvalue weighted by Crippen LogP contribution is -2.55. The molecular weight excluding hydrogens is 371 g/mol. The Morgan fingerprint density at radius 2 is 1.76 bits per heavy atom. The summed E-state index contributed by atoms with van der Waals surface area (Å²) >= 11 is 12.0. The minimum Gasteiger partial charge on any atom is -0.469 e. The van der Waals surface area contributed by atoms with Crippen LogP contribution >= 0.6 is 23.2 Å². The zero-order valence-electron chi connectivity index (χ0n) is 13.9. The third-order valence-corrected chi connectivity index (χ3v) is 5.25. The van der Waals surface area contributed by atoms with E-state index in [9.17, 15) is 19.5 Å². The Labute approximate surface area is 155 Å². The van der Waals surface area contributed by atoms with Crippen LogP contribution in [0.5, 0.6) is 0 Å². The molecule has 1 aliphatic rings. The summed E-state index contributed by atoms with van der Waals surface area (Å²) in [5.41, 5.74) is -1.28. The number of hydrogen-bond acceptors (Lipinski definition) is 6. The lowest BCUT2D eigenvalue weighted by atomic mass is 9.62. The summed E-state index contributed by atoms with van der Waals surface area (Å²) in [5, 5.41) is 11.2. The summed E-state index contributed by atoms with van der Waals surface area (Å²) in [6.45, 7) is 1.37. The van der Waals surface area contributed by atoms with E-state index in [-0.39, 0.29) is 16.5 Å². The van der Waals surface area contributed by atoms with E-state index in [1.165, 1.54) is 26.2 Å². The van der Waals surface area contributed by atoms with Gasteiger partial charge in [0, 0.05) is 12.3 Å². The number of ether oxygens (including phenoxy) is 2. The van der Waals surface area contributed by atoms with Crippen molar-refractivity contribution in [2.75, 3.05) is 14.2 Å². The monoisotopic (exact) mass is 388 g/mol. The van der Waals surface area contributed by atoms with Gasteiger partial charge in [0.2, 0.25) is 0 Å². The average Bonchev–Trinajstić information content (AvgIpc) is 2.54. The van der Waals surface area contributed by atoms with Gasteiger partial charge in [-0.15, -0.1) is 0 Å². The molecule has 0 spiro atoms. The number of halogens is 2. The number of carbonyl (C=O) groups excluding carboxylic acids is 3. The highest BCUT2D eigenvalue weighted by Gasteiger charge is 2.56. The molecule has 4 atom stereocenters.